The Balaban J connectivity index is 1.92. The Labute approximate surface area is 210 Å². The van der Waals surface area contributed by atoms with Crippen LogP contribution in [0.25, 0.3) is 0 Å². The molecule has 0 saturated heterocycles. The van der Waals surface area contributed by atoms with Gasteiger partial charge in [0.25, 0.3) is 5.91 Å². The van der Waals surface area contributed by atoms with Crippen molar-refractivity contribution in [3.05, 3.63) is 98.2 Å². The summed E-state index contributed by atoms with van der Waals surface area (Å²) < 4.78 is 21.0. The van der Waals surface area contributed by atoms with Crippen LogP contribution in [0.3, 0.4) is 0 Å². The van der Waals surface area contributed by atoms with E-state index >= 15 is 0 Å². The van der Waals surface area contributed by atoms with Gasteiger partial charge in [0.05, 0.1) is 19.8 Å². The topological polar surface area (TPSA) is 99.0 Å². The molecule has 0 spiro atoms. The van der Waals surface area contributed by atoms with Crippen molar-refractivity contribution < 1.29 is 29.2 Å². The molecular formula is C24H21Cl3FNO5. The summed E-state index contributed by atoms with van der Waals surface area (Å²) in [4.78, 5) is 12.5. The van der Waals surface area contributed by atoms with E-state index in [2.05, 4.69) is 5.32 Å². The SMILES string of the molecule is O=C(NC(CO)(CO)CO)c1ccc(OC(c2ccc(Cl)cc2)c2ccc(Cl)cc2Cl)c(F)c1. The van der Waals surface area contributed by atoms with Crippen molar-refractivity contribution in [3.8, 4) is 5.75 Å². The summed E-state index contributed by atoms with van der Waals surface area (Å²) in [5.74, 6) is -1.78. The van der Waals surface area contributed by atoms with Crippen molar-refractivity contribution in [3.63, 3.8) is 0 Å². The van der Waals surface area contributed by atoms with E-state index < -0.39 is 43.2 Å². The Morgan fingerprint density at radius 2 is 1.53 bits per heavy atom. The van der Waals surface area contributed by atoms with Crippen molar-refractivity contribution in [2.45, 2.75) is 11.6 Å². The highest BCUT2D eigenvalue weighted by molar-refractivity contribution is 6.35. The number of carbonyl (C=O) groups is 1. The first-order valence-corrected chi connectivity index (χ1v) is 11.2. The van der Waals surface area contributed by atoms with E-state index in [9.17, 15) is 24.5 Å². The molecule has 0 heterocycles. The van der Waals surface area contributed by atoms with Gasteiger partial charge >= 0.3 is 0 Å². The fourth-order valence-electron chi connectivity index (χ4n) is 3.11. The van der Waals surface area contributed by atoms with Gasteiger partial charge in [0, 0.05) is 26.2 Å². The van der Waals surface area contributed by atoms with Crippen LogP contribution in [0.1, 0.15) is 27.6 Å². The maximum Gasteiger partial charge on any atom is 0.252 e. The normalized spacial score (nSPS) is 12.3. The molecule has 0 saturated carbocycles. The lowest BCUT2D eigenvalue weighted by Gasteiger charge is -2.28. The first-order valence-electron chi connectivity index (χ1n) is 10.0. The highest BCUT2D eigenvalue weighted by atomic mass is 35.5. The number of hydrogen-bond acceptors (Lipinski definition) is 5. The summed E-state index contributed by atoms with van der Waals surface area (Å²) in [6.07, 6.45) is -0.818. The first kappa shape index (κ1) is 26.2. The third kappa shape index (κ3) is 5.99. The van der Waals surface area contributed by atoms with E-state index in [1.165, 1.54) is 12.1 Å². The number of hydrogen-bond donors (Lipinski definition) is 4. The molecule has 1 unspecified atom stereocenters. The number of aliphatic hydroxyl groups excluding tert-OH is 3. The largest absolute Gasteiger partial charge is 0.478 e. The molecular weight excluding hydrogens is 508 g/mol. The van der Waals surface area contributed by atoms with Gasteiger partial charge in [-0.25, -0.2) is 4.39 Å². The Bertz CT molecular complexity index is 1150. The zero-order valence-corrected chi connectivity index (χ0v) is 19.9. The number of ether oxygens (including phenoxy) is 1. The molecule has 0 aliphatic rings. The number of carbonyl (C=O) groups excluding carboxylic acids is 1. The van der Waals surface area contributed by atoms with Gasteiger partial charge in [-0.2, -0.15) is 0 Å². The summed E-state index contributed by atoms with van der Waals surface area (Å²) in [5.41, 5.74) is -0.563. The highest BCUT2D eigenvalue weighted by Gasteiger charge is 2.30. The van der Waals surface area contributed by atoms with E-state index in [0.717, 1.165) is 6.07 Å². The van der Waals surface area contributed by atoms with Crippen LogP contribution >= 0.6 is 34.8 Å². The summed E-state index contributed by atoms with van der Waals surface area (Å²) in [5, 5.41) is 31.7. The van der Waals surface area contributed by atoms with Crippen molar-refractivity contribution in [1.29, 1.82) is 0 Å². The van der Waals surface area contributed by atoms with Crippen LogP contribution < -0.4 is 10.1 Å². The number of halogens is 4. The Hall–Kier alpha value is -2.39. The van der Waals surface area contributed by atoms with Crippen molar-refractivity contribution in [2.75, 3.05) is 19.8 Å². The maximum absolute atomic E-state index is 15.0. The van der Waals surface area contributed by atoms with Crippen molar-refractivity contribution in [2.24, 2.45) is 0 Å². The van der Waals surface area contributed by atoms with Crippen LogP contribution in [0.4, 0.5) is 4.39 Å². The standard InChI is InChI=1S/C24H21Cl3FNO5/c25-16-4-1-14(2-5-16)22(18-7-6-17(26)10-19(18)27)34-21-8-3-15(9-20(21)28)23(33)29-24(11-30,12-31)13-32/h1-10,22,30-32H,11-13H2,(H,29,33). The molecule has 0 aromatic heterocycles. The predicted molar refractivity (Wildman–Crippen MR) is 128 cm³/mol. The fraction of sp³-hybridized carbons (Fsp3) is 0.208. The molecule has 0 aliphatic heterocycles. The molecule has 3 aromatic rings. The van der Waals surface area contributed by atoms with Gasteiger partial charge in [-0.15, -0.1) is 0 Å². The summed E-state index contributed by atoms with van der Waals surface area (Å²) in [6, 6.07) is 15.1. The average molecular weight is 529 g/mol. The number of benzene rings is 3. The molecule has 0 bridgehead atoms. The zero-order chi connectivity index (χ0) is 24.9. The third-order valence-electron chi connectivity index (χ3n) is 5.14. The molecule has 0 aliphatic carbocycles. The zero-order valence-electron chi connectivity index (χ0n) is 17.6. The van der Waals surface area contributed by atoms with Gasteiger partial charge in [0.2, 0.25) is 0 Å². The van der Waals surface area contributed by atoms with Crippen LogP contribution in [-0.2, 0) is 0 Å². The molecule has 4 N–H and O–H groups in total. The lowest BCUT2D eigenvalue weighted by atomic mass is 10.0. The lowest BCUT2D eigenvalue weighted by molar-refractivity contribution is 0.0375. The minimum absolute atomic E-state index is 0.0999. The molecule has 6 nitrogen and oxygen atoms in total. The Morgan fingerprint density at radius 1 is 0.912 bits per heavy atom. The first-order chi connectivity index (χ1) is 16.2. The minimum Gasteiger partial charge on any atom is -0.478 e. The Morgan fingerprint density at radius 3 is 2.09 bits per heavy atom. The van der Waals surface area contributed by atoms with E-state index in [0.29, 0.717) is 26.2 Å². The predicted octanol–water partition coefficient (Wildman–Crippen LogP) is 4.40. The van der Waals surface area contributed by atoms with Gasteiger partial charge in [0.15, 0.2) is 17.7 Å². The highest BCUT2D eigenvalue weighted by Crippen LogP contribution is 2.35. The number of rotatable bonds is 9. The smallest absolute Gasteiger partial charge is 0.252 e. The second kappa shape index (κ2) is 11.4. The second-order valence-corrected chi connectivity index (χ2v) is 8.85. The number of aliphatic hydroxyl groups is 3. The van der Waals surface area contributed by atoms with Gasteiger partial charge in [-0.1, -0.05) is 53.0 Å². The molecule has 1 atom stereocenters. The van der Waals surface area contributed by atoms with E-state index in [-0.39, 0.29) is 11.3 Å². The molecule has 180 valence electrons. The number of nitrogens with one attached hydrogen (secondary N) is 1. The van der Waals surface area contributed by atoms with E-state index in [1.54, 1.807) is 42.5 Å². The number of amides is 1. The molecule has 0 fully saturated rings. The minimum atomic E-state index is -1.65. The average Bonchev–Trinajstić information content (AvgIpc) is 2.83. The van der Waals surface area contributed by atoms with Gasteiger partial charge < -0.3 is 25.4 Å². The van der Waals surface area contributed by atoms with Crippen molar-refractivity contribution in [1.82, 2.24) is 5.32 Å². The lowest BCUT2D eigenvalue weighted by Crippen LogP contribution is -2.57. The van der Waals surface area contributed by atoms with Crippen LogP contribution in [-0.4, -0.2) is 46.6 Å². The molecule has 10 heteroatoms. The Kier molecular flexibility index (Phi) is 8.76. The van der Waals surface area contributed by atoms with Crippen LogP contribution in [0, 0.1) is 5.82 Å². The summed E-state index contributed by atoms with van der Waals surface area (Å²) in [6.45, 7) is -2.12. The summed E-state index contributed by atoms with van der Waals surface area (Å²) >= 11 is 18.4. The van der Waals surface area contributed by atoms with Gasteiger partial charge in [-0.3, -0.25) is 4.79 Å². The molecule has 1 amide bonds. The quantitative estimate of drug-likeness (QED) is 0.330. The summed E-state index contributed by atoms with van der Waals surface area (Å²) in [7, 11) is 0. The second-order valence-electron chi connectivity index (χ2n) is 7.57. The van der Waals surface area contributed by atoms with Gasteiger partial charge in [0.1, 0.15) is 5.54 Å². The monoisotopic (exact) mass is 527 g/mol. The molecule has 34 heavy (non-hydrogen) atoms. The molecule has 0 radical (unpaired) electrons. The van der Waals surface area contributed by atoms with Crippen LogP contribution in [0.2, 0.25) is 15.1 Å². The van der Waals surface area contributed by atoms with Gasteiger partial charge in [-0.05, 0) is 48.0 Å². The third-order valence-corrected chi connectivity index (χ3v) is 5.96. The van der Waals surface area contributed by atoms with Crippen molar-refractivity contribution >= 4 is 40.7 Å². The van der Waals surface area contributed by atoms with Crippen LogP contribution in [0.5, 0.6) is 5.75 Å². The van der Waals surface area contributed by atoms with E-state index in [4.69, 9.17) is 39.5 Å². The molecule has 3 aromatic carbocycles. The van der Waals surface area contributed by atoms with Crippen LogP contribution in [0.15, 0.2) is 60.7 Å². The fourth-order valence-corrected chi connectivity index (χ4v) is 3.74. The molecule has 3 rings (SSSR count). The van der Waals surface area contributed by atoms with E-state index in [1.807, 2.05) is 0 Å². The maximum atomic E-state index is 15.0.